The van der Waals surface area contributed by atoms with Gasteiger partial charge in [0, 0.05) is 12.6 Å². The van der Waals surface area contributed by atoms with Gasteiger partial charge < -0.3 is 5.11 Å². The largest absolute Gasteiger partial charge is 0.393 e. The Kier molecular flexibility index (Phi) is 2.65. The lowest BCUT2D eigenvalue weighted by molar-refractivity contribution is 0.162. The summed E-state index contributed by atoms with van der Waals surface area (Å²) >= 11 is 0. The Morgan fingerprint density at radius 1 is 1.50 bits per heavy atom. The molecule has 0 aromatic heterocycles. The summed E-state index contributed by atoms with van der Waals surface area (Å²) in [6.07, 6.45) is 0.103. The van der Waals surface area contributed by atoms with Gasteiger partial charge >= 0.3 is 0 Å². The van der Waals surface area contributed by atoms with Crippen LogP contribution >= 0.6 is 0 Å². The maximum Gasteiger partial charge on any atom is 0.0812 e. The van der Waals surface area contributed by atoms with E-state index in [1.165, 1.54) is 0 Å². The lowest BCUT2D eigenvalue weighted by Crippen LogP contribution is -2.58. The van der Waals surface area contributed by atoms with E-state index in [1.807, 2.05) is 0 Å². The molecule has 1 fully saturated rings. The van der Waals surface area contributed by atoms with Crippen molar-refractivity contribution in [2.45, 2.75) is 26.1 Å². The fourth-order valence-electron chi connectivity index (χ4n) is 1.16. The summed E-state index contributed by atoms with van der Waals surface area (Å²) in [6, 6.07) is 0.512. The van der Waals surface area contributed by atoms with Crippen LogP contribution in [0.4, 0.5) is 0 Å². The molecule has 0 saturated carbocycles. The van der Waals surface area contributed by atoms with E-state index in [0.717, 1.165) is 6.54 Å². The van der Waals surface area contributed by atoms with Crippen molar-refractivity contribution in [3.05, 3.63) is 0 Å². The van der Waals surface area contributed by atoms with Crippen molar-refractivity contribution in [3.8, 4) is 0 Å². The van der Waals surface area contributed by atoms with Gasteiger partial charge in [-0.05, 0) is 12.8 Å². The van der Waals surface area contributed by atoms with E-state index in [-0.39, 0.29) is 12.8 Å². The predicted octanol–water partition coefficient (Wildman–Crippen LogP) is -0.478. The van der Waals surface area contributed by atoms with E-state index in [9.17, 15) is 0 Å². The topological polar surface area (TPSA) is 44.3 Å². The Bertz CT molecular complexity index is 108. The van der Waals surface area contributed by atoms with Crippen LogP contribution in [0.2, 0.25) is 0 Å². The molecule has 0 aromatic rings. The van der Waals surface area contributed by atoms with Crippen LogP contribution in [0.3, 0.4) is 0 Å². The van der Waals surface area contributed by atoms with Crippen molar-refractivity contribution in [3.63, 3.8) is 0 Å². The Morgan fingerprint density at radius 3 is 2.70 bits per heavy atom. The molecule has 3 atom stereocenters. The number of aliphatic hydroxyl groups is 1. The molecular formula is C7H16N2O. The highest BCUT2D eigenvalue weighted by atomic mass is 16.3. The van der Waals surface area contributed by atoms with Gasteiger partial charge in [-0.3, -0.25) is 10.6 Å². The van der Waals surface area contributed by atoms with Crippen molar-refractivity contribution in [2.75, 3.05) is 13.2 Å². The summed E-state index contributed by atoms with van der Waals surface area (Å²) in [7, 11) is 0. The Labute approximate surface area is 61.8 Å². The van der Waals surface area contributed by atoms with E-state index in [0.29, 0.717) is 12.0 Å². The van der Waals surface area contributed by atoms with Crippen LogP contribution in [0.25, 0.3) is 0 Å². The molecule has 1 aliphatic rings. The molecular weight excluding hydrogens is 128 g/mol. The first-order valence-electron chi connectivity index (χ1n) is 3.84. The van der Waals surface area contributed by atoms with Crippen LogP contribution in [0.5, 0.6) is 0 Å². The minimum absolute atomic E-state index is 0.103. The normalized spacial score (nSPS) is 41.7. The first kappa shape index (κ1) is 7.98. The number of aliphatic hydroxyl groups excluding tert-OH is 1. The molecule has 1 saturated heterocycles. The van der Waals surface area contributed by atoms with Crippen LogP contribution in [-0.4, -0.2) is 30.5 Å². The molecule has 10 heavy (non-hydrogen) atoms. The van der Waals surface area contributed by atoms with Crippen molar-refractivity contribution in [1.29, 1.82) is 0 Å². The van der Waals surface area contributed by atoms with E-state index >= 15 is 0 Å². The van der Waals surface area contributed by atoms with Crippen LogP contribution in [0, 0.1) is 5.92 Å². The highest BCUT2D eigenvalue weighted by molar-refractivity contribution is 4.80. The molecule has 60 valence electrons. The number of nitrogens with one attached hydrogen (secondary N) is 2. The first-order valence-corrected chi connectivity index (χ1v) is 3.84. The molecule has 1 aliphatic heterocycles. The van der Waals surface area contributed by atoms with Crippen molar-refractivity contribution in [1.82, 2.24) is 10.6 Å². The summed E-state index contributed by atoms with van der Waals surface area (Å²) in [4.78, 5) is 0. The van der Waals surface area contributed by atoms with Gasteiger partial charge in [0.25, 0.3) is 0 Å². The van der Waals surface area contributed by atoms with Gasteiger partial charge in [-0.25, -0.2) is 0 Å². The summed E-state index contributed by atoms with van der Waals surface area (Å²) in [5, 5.41) is 15.2. The molecule has 3 heteroatoms. The van der Waals surface area contributed by atoms with Crippen LogP contribution in [0.15, 0.2) is 0 Å². The fourth-order valence-corrected chi connectivity index (χ4v) is 1.16. The Morgan fingerprint density at radius 2 is 2.20 bits per heavy atom. The molecule has 0 aliphatic carbocycles. The van der Waals surface area contributed by atoms with Gasteiger partial charge in [0.15, 0.2) is 0 Å². The Balaban J connectivity index is 2.33. The molecule has 0 bridgehead atoms. The summed E-state index contributed by atoms with van der Waals surface area (Å²) in [6.45, 7) is 5.52. The zero-order valence-corrected chi connectivity index (χ0v) is 6.59. The fraction of sp³-hybridized carbons (Fsp3) is 1.00. The quantitative estimate of drug-likeness (QED) is 0.466. The van der Waals surface area contributed by atoms with Crippen molar-refractivity contribution >= 4 is 0 Å². The summed E-state index contributed by atoms with van der Waals surface area (Å²) in [5.74, 6) is 0.655. The summed E-state index contributed by atoms with van der Waals surface area (Å²) in [5.41, 5.74) is 0. The maximum absolute atomic E-state index is 8.77. The van der Waals surface area contributed by atoms with E-state index in [4.69, 9.17) is 5.11 Å². The highest BCUT2D eigenvalue weighted by Crippen LogP contribution is 2.05. The lowest BCUT2D eigenvalue weighted by Gasteiger charge is -2.33. The van der Waals surface area contributed by atoms with Crippen molar-refractivity contribution in [2.24, 2.45) is 5.92 Å². The monoisotopic (exact) mass is 144 g/mol. The molecule has 0 aromatic carbocycles. The molecule has 0 radical (unpaired) electrons. The molecule has 1 rings (SSSR count). The predicted molar refractivity (Wildman–Crippen MR) is 40.6 cm³/mol. The third kappa shape index (κ3) is 1.68. The smallest absolute Gasteiger partial charge is 0.0812 e. The number of rotatable bonds is 1. The average Bonchev–Trinajstić information content (AvgIpc) is 1.95. The second-order valence-corrected chi connectivity index (χ2v) is 3.08. The van der Waals surface area contributed by atoms with Gasteiger partial charge in [-0.2, -0.15) is 0 Å². The second kappa shape index (κ2) is 3.32. The average molecular weight is 144 g/mol. The van der Waals surface area contributed by atoms with Gasteiger partial charge in [0.2, 0.25) is 0 Å². The van der Waals surface area contributed by atoms with Crippen LogP contribution in [0.1, 0.15) is 13.8 Å². The molecule has 0 spiro atoms. The van der Waals surface area contributed by atoms with Crippen LogP contribution in [-0.2, 0) is 0 Å². The van der Waals surface area contributed by atoms with Gasteiger partial charge in [0.1, 0.15) is 0 Å². The van der Waals surface area contributed by atoms with E-state index in [2.05, 4.69) is 24.5 Å². The van der Waals surface area contributed by atoms with E-state index in [1.54, 1.807) is 0 Å². The van der Waals surface area contributed by atoms with Gasteiger partial charge in [-0.15, -0.1) is 0 Å². The number of hydrogen-bond donors (Lipinski definition) is 3. The Hall–Kier alpha value is -0.120. The minimum Gasteiger partial charge on any atom is -0.393 e. The highest BCUT2D eigenvalue weighted by Gasteiger charge is 2.21. The molecule has 0 amide bonds. The second-order valence-electron chi connectivity index (χ2n) is 3.08. The standard InChI is InChI=1S/C7H16N2O/c1-5-3-8-7(4-10)9-6(5)2/h5-10H,3-4H2,1-2H3. The zero-order chi connectivity index (χ0) is 7.56. The van der Waals surface area contributed by atoms with Gasteiger partial charge in [0.05, 0.1) is 12.8 Å². The number of hydrogen-bond acceptors (Lipinski definition) is 3. The molecule has 1 heterocycles. The third-order valence-electron chi connectivity index (χ3n) is 2.19. The molecule has 3 nitrogen and oxygen atoms in total. The SMILES string of the molecule is CC1CNC(CO)NC1C. The summed E-state index contributed by atoms with van der Waals surface area (Å²) < 4.78 is 0. The van der Waals surface area contributed by atoms with Crippen LogP contribution < -0.4 is 10.6 Å². The van der Waals surface area contributed by atoms with E-state index < -0.39 is 0 Å². The van der Waals surface area contributed by atoms with Crippen molar-refractivity contribution < 1.29 is 5.11 Å². The molecule has 3 unspecified atom stereocenters. The zero-order valence-electron chi connectivity index (χ0n) is 6.59. The van der Waals surface area contributed by atoms with Gasteiger partial charge in [-0.1, -0.05) is 6.92 Å². The lowest BCUT2D eigenvalue weighted by atomic mass is 10.0. The first-order chi connectivity index (χ1) is 4.74. The minimum atomic E-state index is 0.103. The third-order valence-corrected chi connectivity index (χ3v) is 2.19. The maximum atomic E-state index is 8.77. The molecule has 3 N–H and O–H groups in total.